The Morgan fingerprint density at radius 3 is 2.65 bits per heavy atom. The lowest BCUT2D eigenvalue weighted by Gasteiger charge is -2.20. The predicted molar refractivity (Wildman–Crippen MR) is 90.0 cm³/mol. The van der Waals surface area contributed by atoms with Crippen LogP contribution in [0.1, 0.15) is 36.2 Å². The van der Waals surface area contributed by atoms with Crippen molar-refractivity contribution in [2.45, 2.75) is 32.9 Å². The van der Waals surface area contributed by atoms with E-state index in [-0.39, 0.29) is 6.04 Å². The number of hydrogen-bond donors (Lipinski definition) is 1. The Balaban J connectivity index is 2.49. The van der Waals surface area contributed by atoms with Gasteiger partial charge in [0.15, 0.2) is 0 Å². The minimum atomic E-state index is 0.105. The van der Waals surface area contributed by atoms with Crippen molar-refractivity contribution in [1.82, 2.24) is 15.1 Å². The first-order valence-corrected chi connectivity index (χ1v) is 8.31. The van der Waals surface area contributed by atoms with Gasteiger partial charge in [0.25, 0.3) is 0 Å². The van der Waals surface area contributed by atoms with Crippen LogP contribution in [0.4, 0.5) is 0 Å². The molecule has 20 heavy (non-hydrogen) atoms. The van der Waals surface area contributed by atoms with Gasteiger partial charge in [0.05, 0.1) is 22.4 Å². The maximum Gasteiger partial charge on any atom is 0.0768 e. The van der Waals surface area contributed by atoms with E-state index in [9.17, 15) is 0 Å². The van der Waals surface area contributed by atoms with Gasteiger partial charge in [-0.3, -0.25) is 4.68 Å². The molecule has 1 atom stereocenters. The number of hydrogen-bond acceptors (Lipinski definition) is 2. The van der Waals surface area contributed by atoms with Gasteiger partial charge in [-0.1, -0.05) is 35.0 Å². The van der Waals surface area contributed by atoms with E-state index in [1.165, 1.54) is 16.8 Å². The molecule has 0 aliphatic heterocycles. The Hall–Kier alpha value is -0.650. The average Bonchev–Trinajstić information content (AvgIpc) is 2.75. The molecule has 2 rings (SSSR count). The molecule has 5 heteroatoms. The third-order valence-corrected chi connectivity index (χ3v) is 4.60. The molecule has 0 aliphatic carbocycles. The van der Waals surface area contributed by atoms with Crippen LogP contribution < -0.4 is 5.32 Å². The van der Waals surface area contributed by atoms with Crippen molar-refractivity contribution in [3.8, 4) is 0 Å². The quantitative estimate of drug-likeness (QED) is 0.804. The average molecular weight is 401 g/mol. The lowest BCUT2D eigenvalue weighted by Crippen LogP contribution is -2.22. The summed E-state index contributed by atoms with van der Waals surface area (Å²) in [6.45, 7) is 5.18. The van der Waals surface area contributed by atoms with E-state index < -0.39 is 0 Å². The summed E-state index contributed by atoms with van der Waals surface area (Å²) in [6, 6.07) is 6.55. The maximum absolute atomic E-state index is 4.46. The van der Waals surface area contributed by atoms with Crippen LogP contribution >= 0.6 is 31.9 Å². The number of benzene rings is 1. The molecule has 0 saturated carbocycles. The van der Waals surface area contributed by atoms with Gasteiger partial charge in [-0.25, -0.2) is 0 Å². The van der Waals surface area contributed by atoms with Crippen LogP contribution in [0, 0.1) is 6.92 Å². The summed E-state index contributed by atoms with van der Waals surface area (Å²) in [7, 11) is 1.98. The second-order valence-electron chi connectivity index (χ2n) is 4.85. The largest absolute Gasteiger partial charge is 0.308 e. The molecule has 0 aliphatic rings. The topological polar surface area (TPSA) is 29.9 Å². The first kappa shape index (κ1) is 15.7. The first-order chi connectivity index (χ1) is 9.58. The van der Waals surface area contributed by atoms with Crippen LogP contribution in [0.2, 0.25) is 0 Å². The van der Waals surface area contributed by atoms with Gasteiger partial charge >= 0.3 is 0 Å². The second-order valence-corrected chi connectivity index (χ2v) is 6.56. The van der Waals surface area contributed by atoms with E-state index in [4.69, 9.17) is 0 Å². The molecule has 0 spiro atoms. The second kappa shape index (κ2) is 6.87. The molecule has 0 saturated heterocycles. The molecule has 1 unspecified atom stereocenters. The van der Waals surface area contributed by atoms with Crippen molar-refractivity contribution in [2.75, 3.05) is 7.05 Å². The Morgan fingerprint density at radius 2 is 2.05 bits per heavy atom. The third kappa shape index (κ3) is 3.15. The lowest BCUT2D eigenvalue weighted by atomic mass is 10.0. The van der Waals surface area contributed by atoms with Gasteiger partial charge in [0.1, 0.15) is 0 Å². The molecule has 108 valence electrons. The van der Waals surface area contributed by atoms with Crippen molar-refractivity contribution < 1.29 is 0 Å². The number of rotatable bonds is 5. The van der Waals surface area contributed by atoms with Crippen LogP contribution in [0.25, 0.3) is 0 Å². The number of aryl methyl sites for hydroxylation is 2. The molecule has 1 aromatic heterocycles. The fourth-order valence-electron chi connectivity index (χ4n) is 2.35. The highest BCUT2D eigenvalue weighted by Gasteiger charge is 2.22. The van der Waals surface area contributed by atoms with Gasteiger partial charge in [0.2, 0.25) is 0 Å². The molecule has 0 amide bonds. The normalized spacial score (nSPS) is 12.7. The molecule has 0 fully saturated rings. The SMILES string of the molecule is CCCn1ncc(Br)c1C(NC)c1ccc(C)cc1Br. The number of halogens is 2. The molecule has 1 N–H and O–H groups in total. The third-order valence-electron chi connectivity index (χ3n) is 3.30. The number of nitrogens with one attached hydrogen (secondary N) is 1. The van der Waals surface area contributed by atoms with Crippen molar-refractivity contribution in [2.24, 2.45) is 0 Å². The number of aromatic nitrogens is 2. The standard InChI is InChI=1S/C15H19Br2N3/c1-4-7-20-15(13(17)9-19-20)14(18-3)11-6-5-10(2)8-12(11)16/h5-6,8-9,14,18H,4,7H2,1-3H3. The van der Waals surface area contributed by atoms with Crippen LogP contribution in [-0.4, -0.2) is 16.8 Å². The van der Waals surface area contributed by atoms with E-state index >= 15 is 0 Å². The lowest BCUT2D eigenvalue weighted by molar-refractivity contribution is 0.532. The van der Waals surface area contributed by atoms with Gasteiger partial charge in [-0.05, 0) is 53.5 Å². The van der Waals surface area contributed by atoms with Crippen molar-refractivity contribution in [1.29, 1.82) is 0 Å². The van der Waals surface area contributed by atoms with E-state index in [2.05, 4.69) is 79.0 Å². The fraction of sp³-hybridized carbons (Fsp3) is 0.400. The fourth-order valence-corrected chi connectivity index (χ4v) is 3.60. The van der Waals surface area contributed by atoms with Crippen LogP contribution in [-0.2, 0) is 6.54 Å². The van der Waals surface area contributed by atoms with Crippen molar-refractivity contribution >= 4 is 31.9 Å². The van der Waals surface area contributed by atoms with E-state index in [0.29, 0.717) is 0 Å². The minimum absolute atomic E-state index is 0.105. The Morgan fingerprint density at radius 1 is 1.30 bits per heavy atom. The van der Waals surface area contributed by atoms with Gasteiger partial charge < -0.3 is 5.32 Å². The maximum atomic E-state index is 4.46. The van der Waals surface area contributed by atoms with E-state index in [1.54, 1.807) is 0 Å². The highest BCUT2D eigenvalue weighted by Crippen LogP contribution is 2.33. The van der Waals surface area contributed by atoms with Crippen LogP contribution in [0.15, 0.2) is 33.3 Å². The van der Waals surface area contributed by atoms with Crippen molar-refractivity contribution in [3.05, 3.63) is 50.2 Å². The molecule has 2 aromatic rings. The van der Waals surface area contributed by atoms with Gasteiger partial charge in [-0.15, -0.1) is 0 Å². The zero-order chi connectivity index (χ0) is 14.7. The highest BCUT2D eigenvalue weighted by atomic mass is 79.9. The highest BCUT2D eigenvalue weighted by molar-refractivity contribution is 9.10. The van der Waals surface area contributed by atoms with Gasteiger partial charge in [-0.2, -0.15) is 5.10 Å². The molecular weight excluding hydrogens is 382 g/mol. The Labute approximate surface area is 137 Å². The summed E-state index contributed by atoms with van der Waals surface area (Å²) in [4.78, 5) is 0. The summed E-state index contributed by atoms with van der Waals surface area (Å²) in [5.41, 5.74) is 3.63. The van der Waals surface area contributed by atoms with E-state index in [0.717, 1.165) is 21.9 Å². The van der Waals surface area contributed by atoms with Gasteiger partial charge in [0, 0.05) is 11.0 Å². The smallest absolute Gasteiger partial charge is 0.0768 e. The molecule has 1 aromatic carbocycles. The summed E-state index contributed by atoms with van der Waals surface area (Å²) in [5, 5.41) is 7.86. The predicted octanol–water partition coefficient (Wildman–Crippen LogP) is 4.44. The molecule has 3 nitrogen and oxygen atoms in total. The molecule has 1 heterocycles. The minimum Gasteiger partial charge on any atom is -0.308 e. The summed E-state index contributed by atoms with van der Waals surface area (Å²) in [5.74, 6) is 0. The first-order valence-electron chi connectivity index (χ1n) is 6.73. The van der Waals surface area contributed by atoms with Crippen LogP contribution in [0.5, 0.6) is 0 Å². The molecule has 0 radical (unpaired) electrons. The number of nitrogens with zero attached hydrogens (tertiary/aromatic N) is 2. The van der Waals surface area contributed by atoms with Crippen molar-refractivity contribution in [3.63, 3.8) is 0 Å². The molecular formula is C15H19Br2N3. The zero-order valence-corrected chi connectivity index (χ0v) is 15.1. The summed E-state index contributed by atoms with van der Waals surface area (Å²) < 4.78 is 4.23. The zero-order valence-electron chi connectivity index (χ0n) is 12.0. The Kier molecular flexibility index (Phi) is 5.41. The molecule has 0 bridgehead atoms. The Bertz CT molecular complexity index is 593. The summed E-state index contributed by atoms with van der Waals surface area (Å²) >= 11 is 7.30. The van der Waals surface area contributed by atoms with E-state index in [1.807, 2.05) is 13.2 Å². The summed E-state index contributed by atoms with van der Waals surface area (Å²) in [6.07, 6.45) is 2.93. The monoisotopic (exact) mass is 399 g/mol. The van der Waals surface area contributed by atoms with Crippen LogP contribution in [0.3, 0.4) is 0 Å².